The van der Waals surface area contributed by atoms with Crippen LogP contribution in [0.1, 0.15) is 6.42 Å². The van der Waals surface area contributed by atoms with Gasteiger partial charge in [0, 0.05) is 25.4 Å². The molecule has 2 amide bonds. The summed E-state index contributed by atoms with van der Waals surface area (Å²) in [6.45, 7) is 1.81. The van der Waals surface area contributed by atoms with E-state index in [1.165, 1.54) is 11.0 Å². The van der Waals surface area contributed by atoms with Gasteiger partial charge in [-0.25, -0.2) is 4.79 Å². The van der Waals surface area contributed by atoms with Crippen LogP contribution in [-0.4, -0.2) is 47.7 Å². The average Bonchev–Trinajstić information content (AvgIpc) is 2.82. The summed E-state index contributed by atoms with van der Waals surface area (Å²) in [5.74, 6) is -0.218. The Morgan fingerprint density at radius 1 is 1.35 bits per heavy atom. The van der Waals surface area contributed by atoms with Crippen molar-refractivity contribution in [2.75, 3.05) is 26.2 Å². The fraction of sp³-hybridized carbons (Fsp3) is 0.462. The zero-order valence-corrected chi connectivity index (χ0v) is 11.1. The Balaban J connectivity index is 1.66. The Morgan fingerprint density at radius 2 is 2.20 bits per heavy atom. The molecule has 2 rings (SSSR count). The number of rotatable bonds is 6. The first-order valence-electron chi connectivity index (χ1n) is 6.51. The number of cyclic esters (lactones) is 1. The van der Waals surface area contributed by atoms with Crippen LogP contribution in [0.2, 0.25) is 0 Å². The maximum absolute atomic E-state index is 11.6. The van der Waals surface area contributed by atoms with Gasteiger partial charge in [0.05, 0.1) is 6.54 Å². The lowest BCUT2D eigenvalue weighted by molar-refractivity contribution is -0.121. The topological polar surface area (TPSA) is 80.6 Å². The van der Waals surface area contributed by atoms with Crippen LogP contribution in [0.5, 0.6) is 0 Å². The summed E-state index contributed by atoms with van der Waals surface area (Å²) in [7, 11) is 0. The van der Waals surface area contributed by atoms with E-state index in [0.717, 1.165) is 0 Å². The van der Waals surface area contributed by atoms with Crippen molar-refractivity contribution < 1.29 is 14.3 Å². The summed E-state index contributed by atoms with van der Waals surface area (Å²) in [6, 6.07) is 4.98. The Labute approximate surface area is 116 Å². The Morgan fingerprint density at radius 3 is 2.90 bits per heavy atom. The summed E-state index contributed by atoms with van der Waals surface area (Å²) in [6.07, 6.45) is 1.92. The maximum atomic E-state index is 11.6. The first-order chi connectivity index (χ1) is 9.66. The Kier molecular flexibility index (Phi) is 4.75. The third-order valence-corrected chi connectivity index (χ3v) is 2.98. The lowest BCUT2D eigenvalue weighted by Gasteiger charge is -2.12. The molecule has 0 radical (unpaired) electrons. The van der Waals surface area contributed by atoms with Crippen LogP contribution >= 0.6 is 0 Å². The molecule has 0 aromatic carbocycles. The zero-order chi connectivity index (χ0) is 14.4. The van der Waals surface area contributed by atoms with Gasteiger partial charge in [0.1, 0.15) is 13.2 Å². The molecule has 0 aliphatic carbocycles. The number of pyridine rings is 1. The molecule has 1 fully saturated rings. The molecule has 0 spiro atoms. The third kappa shape index (κ3) is 3.84. The molecule has 0 atom stereocenters. The molecule has 20 heavy (non-hydrogen) atoms. The van der Waals surface area contributed by atoms with Crippen LogP contribution in [0.25, 0.3) is 0 Å². The van der Waals surface area contributed by atoms with Gasteiger partial charge in [-0.1, -0.05) is 6.07 Å². The summed E-state index contributed by atoms with van der Waals surface area (Å²) in [5, 5.41) is 2.72. The van der Waals surface area contributed by atoms with Crippen molar-refractivity contribution >= 4 is 12.0 Å². The SMILES string of the molecule is O=C(CN1CCOC1=O)NCCCn1ccccc1=O. The van der Waals surface area contributed by atoms with Crippen molar-refractivity contribution in [3.05, 3.63) is 34.7 Å². The van der Waals surface area contributed by atoms with Crippen molar-refractivity contribution in [1.82, 2.24) is 14.8 Å². The first-order valence-corrected chi connectivity index (χ1v) is 6.51. The molecule has 1 saturated heterocycles. The number of aryl methyl sites for hydroxylation is 1. The normalized spacial score (nSPS) is 14.2. The Hall–Kier alpha value is -2.31. The minimum Gasteiger partial charge on any atom is -0.448 e. The van der Waals surface area contributed by atoms with Crippen LogP contribution in [-0.2, 0) is 16.1 Å². The van der Waals surface area contributed by atoms with Crippen molar-refractivity contribution in [2.45, 2.75) is 13.0 Å². The highest BCUT2D eigenvalue weighted by Crippen LogP contribution is 2.01. The lowest BCUT2D eigenvalue weighted by Crippen LogP contribution is -2.38. The third-order valence-electron chi connectivity index (χ3n) is 2.98. The fourth-order valence-corrected chi connectivity index (χ4v) is 1.92. The van der Waals surface area contributed by atoms with E-state index in [4.69, 9.17) is 4.74 Å². The van der Waals surface area contributed by atoms with Gasteiger partial charge in [-0.05, 0) is 12.5 Å². The van der Waals surface area contributed by atoms with Crippen LogP contribution < -0.4 is 10.9 Å². The van der Waals surface area contributed by atoms with E-state index in [2.05, 4.69) is 5.32 Å². The van der Waals surface area contributed by atoms with Crippen LogP contribution in [0.4, 0.5) is 4.79 Å². The molecule has 2 heterocycles. The largest absolute Gasteiger partial charge is 0.448 e. The number of hydrogen-bond donors (Lipinski definition) is 1. The van der Waals surface area contributed by atoms with Gasteiger partial charge in [0.2, 0.25) is 11.5 Å². The van der Waals surface area contributed by atoms with E-state index in [1.54, 1.807) is 22.9 Å². The van der Waals surface area contributed by atoms with Crippen LogP contribution in [0.15, 0.2) is 29.2 Å². The highest BCUT2D eigenvalue weighted by atomic mass is 16.6. The van der Waals surface area contributed by atoms with Crippen molar-refractivity contribution in [2.24, 2.45) is 0 Å². The number of aromatic nitrogens is 1. The van der Waals surface area contributed by atoms with E-state index in [9.17, 15) is 14.4 Å². The van der Waals surface area contributed by atoms with Gasteiger partial charge in [-0.15, -0.1) is 0 Å². The highest BCUT2D eigenvalue weighted by molar-refractivity contribution is 5.82. The molecular formula is C13H17N3O4. The molecule has 1 aliphatic heterocycles. The molecule has 0 bridgehead atoms. The molecule has 1 aromatic rings. The number of nitrogens with zero attached hydrogens (tertiary/aromatic N) is 2. The molecule has 1 N–H and O–H groups in total. The van der Waals surface area contributed by atoms with E-state index >= 15 is 0 Å². The molecule has 0 unspecified atom stereocenters. The van der Waals surface area contributed by atoms with E-state index in [0.29, 0.717) is 32.7 Å². The number of nitrogens with one attached hydrogen (secondary N) is 1. The second-order valence-electron chi connectivity index (χ2n) is 4.47. The summed E-state index contributed by atoms with van der Waals surface area (Å²) in [4.78, 5) is 35.5. The predicted molar refractivity (Wildman–Crippen MR) is 71.2 cm³/mol. The average molecular weight is 279 g/mol. The first kappa shape index (κ1) is 14.1. The predicted octanol–water partition coefficient (Wildman–Crippen LogP) is -0.193. The number of hydrogen-bond acceptors (Lipinski definition) is 4. The molecule has 1 aromatic heterocycles. The van der Waals surface area contributed by atoms with Crippen LogP contribution in [0, 0.1) is 0 Å². The van der Waals surface area contributed by atoms with Crippen molar-refractivity contribution in [3.63, 3.8) is 0 Å². The zero-order valence-electron chi connectivity index (χ0n) is 11.1. The van der Waals surface area contributed by atoms with Gasteiger partial charge in [-0.2, -0.15) is 0 Å². The maximum Gasteiger partial charge on any atom is 0.410 e. The fourth-order valence-electron chi connectivity index (χ4n) is 1.92. The summed E-state index contributed by atoms with van der Waals surface area (Å²) < 4.78 is 6.32. The number of carbonyl (C=O) groups excluding carboxylic acids is 2. The molecule has 1 aliphatic rings. The van der Waals surface area contributed by atoms with Gasteiger partial charge in [0.25, 0.3) is 0 Å². The number of carbonyl (C=O) groups is 2. The molecule has 7 nitrogen and oxygen atoms in total. The quantitative estimate of drug-likeness (QED) is 0.732. The van der Waals surface area contributed by atoms with Crippen LogP contribution in [0.3, 0.4) is 0 Å². The Bertz CT molecular complexity index is 540. The second kappa shape index (κ2) is 6.74. The smallest absolute Gasteiger partial charge is 0.410 e. The van der Waals surface area contributed by atoms with Gasteiger partial charge >= 0.3 is 6.09 Å². The van der Waals surface area contributed by atoms with Crippen molar-refractivity contribution in [1.29, 1.82) is 0 Å². The number of amides is 2. The second-order valence-corrected chi connectivity index (χ2v) is 4.47. The van der Waals surface area contributed by atoms with Crippen molar-refractivity contribution in [3.8, 4) is 0 Å². The van der Waals surface area contributed by atoms with Gasteiger partial charge < -0.3 is 14.6 Å². The summed E-state index contributed by atoms with van der Waals surface area (Å²) >= 11 is 0. The minimum absolute atomic E-state index is 0.0180. The van der Waals surface area contributed by atoms with E-state index in [1.807, 2.05) is 0 Å². The molecule has 108 valence electrons. The molecule has 7 heteroatoms. The van der Waals surface area contributed by atoms with E-state index in [-0.39, 0.29) is 18.0 Å². The monoisotopic (exact) mass is 279 g/mol. The molecular weight excluding hydrogens is 262 g/mol. The number of ether oxygens (including phenoxy) is 1. The minimum atomic E-state index is -0.448. The summed E-state index contributed by atoms with van der Waals surface area (Å²) in [5.41, 5.74) is -0.0568. The standard InChI is InChI=1S/C13H17N3O4/c17-11(10-16-8-9-20-13(16)19)14-5-3-7-15-6-2-1-4-12(15)18/h1-2,4,6H,3,5,7-10H2,(H,14,17). The van der Waals surface area contributed by atoms with Gasteiger partial charge in [0.15, 0.2) is 0 Å². The highest BCUT2D eigenvalue weighted by Gasteiger charge is 2.23. The van der Waals surface area contributed by atoms with Gasteiger partial charge in [-0.3, -0.25) is 14.5 Å². The molecule has 0 saturated carbocycles. The van der Waals surface area contributed by atoms with E-state index < -0.39 is 6.09 Å². The lowest BCUT2D eigenvalue weighted by atomic mass is 10.3.